The third-order valence-electron chi connectivity index (χ3n) is 3.99. The van der Waals surface area contributed by atoms with E-state index in [4.69, 9.17) is 4.52 Å². The minimum Gasteiger partial charge on any atom is -0.336 e. The zero-order valence-corrected chi connectivity index (χ0v) is 12.6. The van der Waals surface area contributed by atoms with Gasteiger partial charge in [-0.15, -0.1) is 0 Å². The standard InChI is InChI=1S/C18H11F3N2O/c1-10-16-14(18(19,20)21)9-15(22-17(16)24-23-10)13-8-4-6-11-5-2-3-7-12(11)13/h2-9H,1H3. The number of rotatable bonds is 1. The molecule has 6 heteroatoms. The Labute approximate surface area is 134 Å². The van der Waals surface area contributed by atoms with Gasteiger partial charge in [0.05, 0.1) is 22.3 Å². The maximum absolute atomic E-state index is 13.5. The quantitative estimate of drug-likeness (QED) is 0.471. The van der Waals surface area contributed by atoms with Gasteiger partial charge in [0.25, 0.3) is 5.71 Å². The zero-order valence-electron chi connectivity index (χ0n) is 12.6. The molecule has 0 saturated heterocycles. The summed E-state index contributed by atoms with van der Waals surface area (Å²) in [6, 6.07) is 14.0. The van der Waals surface area contributed by atoms with Gasteiger partial charge in [-0.1, -0.05) is 47.6 Å². The number of halogens is 3. The van der Waals surface area contributed by atoms with E-state index in [1.165, 1.54) is 6.92 Å². The highest BCUT2D eigenvalue weighted by Crippen LogP contribution is 2.39. The molecule has 120 valence electrons. The molecular weight excluding hydrogens is 317 g/mol. The van der Waals surface area contributed by atoms with Gasteiger partial charge in [0.2, 0.25) is 0 Å². The van der Waals surface area contributed by atoms with Crippen LogP contribution in [0.1, 0.15) is 11.3 Å². The molecule has 2 heterocycles. The Morgan fingerprint density at radius 2 is 1.75 bits per heavy atom. The van der Waals surface area contributed by atoms with Gasteiger partial charge in [-0.05, 0) is 23.8 Å². The molecule has 0 aliphatic rings. The molecule has 0 aliphatic heterocycles. The van der Waals surface area contributed by atoms with E-state index < -0.39 is 11.7 Å². The Morgan fingerprint density at radius 1 is 1.00 bits per heavy atom. The third kappa shape index (κ3) is 2.22. The molecule has 0 amide bonds. The normalized spacial score (nSPS) is 12.2. The second kappa shape index (κ2) is 5.06. The first-order valence-corrected chi connectivity index (χ1v) is 7.27. The maximum Gasteiger partial charge on any atom is 0.417 e. The van der Waals surface area contributed by atoms with Gasteiger partial charge in [-0.25, -0.2) is 4.98 Å². The molecule has 0 spiro atoms. The highest BCUT2D eigenvalue weighted by atomic mass is 19.4. The number of fused-ring (bicyclic) bond motifs is 2. The van der Waals surface area contributed by atoms with E-state index in [0.29, 0.717) is 5.56 Å². The van der Waals surface area contributed by atoms with Crippen LogP contribution in [0.4, 0.5) is 13.2 Å². The number of pyridine rings is 1. The van der Waals surface area contributed by atoms with E-state index in [-0.39, 0.29) is 22.5 Å². The molecule has 3 nitrogen and oxygen atoms in total. The van der Waals surface area contributed by atoms with E-state index >= 15 is 0 Å². The summed E-state index contributed by atoms with van der Waals surface area (Å²) in [5.41, 5.74) is 0.117. The van der Waals surface area contributed by atoms with Gasteiger partial charge in [-0.2, -0.15) is 13.2 Å². The number of hydrogen-bond donors (Lipinski definition) is 0. The van der Waals surface area contributed by atoms with Crippen molar-refractivity contribution in [3.8, 4) is 11.3 Å². The van der Waals surface area contributed by atoms with Gasteiger partial charge >= 0.3 is 6.18 Å². The maximum atomic E-state index is 13.5. The Kier molecular flexibility index (Phi) is 3.09. The Balaban J connectivity index is 2.07. The molecule has 4 rings (SSSR count). The Morgan fingerprint density at radius 3 is 2.54 bits per heavy atom. The second-order valence-electron chi connectivity index (χ2n) is 5.53. The van der Waals surface area contributed by atoms with Gasteiger partial charge in [0.1, 0.15) is 0 Å². The predicted octanol–water partition coefficient (Wildman–Crippen LogP) is 5.37. The molecular formula is C18H11F3N2O. The van der Waals surface area contributed by atoms with Crippen molar-refractivity contribution in [2.45, 2.75) is 13.1 Å². The van der Waals surface area contributed by atoms with Crippen molar-refractivity contribution in [1.82, 2.24) is 10.1 Å². The van der Waals surface area contributed by atoms with Crippen LogP contribution < -0.4 is 0 Å². The Bertz CT molecular complexity index is 1060. The van der Waals surface area contributed by atoms with Crippen molar-refractivity contribution in [2.75, 3.05) is 0 Å². The van der Waals surface area contributed by atoms with Crippen LogP contribution in [0.15, 0.2) is 53.1 Å². The largest absolute Gasteiger partial charge is 0.417 e. The van der Waals surface area contributed by atoms with Crippen molar-refractivity contribution >= 4 is 21.9 Å². The molecule has 0 aliphatic carbocycles. The molecule has 4 aromatic rings. The molecule has 0 fully saturated rings. The van der Waals surface area contributed by atoms with Crippen LogP contribution in [0, 0.1) is 6.92 Å². The average Bonchev–Trinajstić information content (AvgIpc) is 2.94. The number of aromatic nitrogens is 2. The molecule has 24 heavy (non-hydrogen) atoms. The van der Waals surface area contributed by atoms with Crippen LogP contribution in [0.2, 0.25) is 0 Å². The lowest BCUT2D eigenvalue weighted by Crippen LogP contribution is -2.07. The summed E-state index contributed by atoms with van der Waals surface area (Å²) in [5, 5.41) is 5.30. The first-order chi connectivity index (χ1) is 11.4. The van der Waals surface area contributed by atoms with Crippen molar-refractivity contribution in [2.24, 2.45) is 0 Å². The van der Waals surface area contributed by atoms with Crippen molar-refractivity contribution in [3.63, 3.8) is 0 Å². The summed E-state index contributed by atoms with van der Waals surface area (Å²) in [6.07, 6.45) is -4.52. The first kappa shape index (κ1) is 14.7. The zero-order chi connectivity index (χ0) is 16.9. The minimum absolute atomic E-state index is 0.0912. The highest BCUT2D eigenvalue weighted by Gasteiger charge is 2.35. The molecule has 0 bridgehead atoms. The SMILES string of the molecule is Cc1noc2nc(-c3cccc4ccccc34)cc(C(F)(F)F)c12. The van der Waals surface area contributed by atoms with E-state index in [1.807, 2.05) is 30.3 Å². The summed E-state index contributed by atoms with van der Waals surface area (Å²) < 4.78 is 45.5. The molecule has 0 unspecified atom stereocenters. The highest BCUT2D eigenvalue weighted by molar-refractivity contribution is 5.97. The van der Waals surface area contributed by atoms with Crippen molar-refractivity contribution < 1.29 is 17.7 Å². The summed E-state index contributed by atoms with van der Waals surface area (Å²) in [7, 11) is 0. The summed E-state index contributed by atoms with van der Waals surface area (Å²) in [4.78, 5) is 4.26. The number of nitrogens with zero attached hydrogens (tertiary/aromatic N) is 2. The summed E-state index contributed by atoms with van der Waals surface area (Å²) >= 11 is 0. The Hall–Kier alpha value is -2.89. The van der Waals surface area contributed by atoms with E-state index in [0.717, 1.165) is 16.8 Å². The fraction of sp³-hybridized carbons (Fsp3) is 0.111. The van der Waals surface area contributed by atoms with Crippen LogP contribution in [0.25, 0.3) is 33.1 Å². The molecule has 0 N–H and O–H groups in total. The van der Waals surface area contributed by atoms with Gasteiger partial charge < -0.3 is 4.52 Å². The van der Waals surface area contributed by atoms with E-state index in [9.17, 15) is 13.2 Å². The lowest BCUT2D eigenvalue weighted by molar-refractivity contribution is -0.136. The summed E-state index contributed by atoms with van der Waals surface area (Å²) in [6.45, 7) is 1.47. The number of aryl methyl sites for hydroxylation is 1. The number of alkyl halides is 3. The van der Waals surface area contributed by atoms with Crippen LogP contribution in [0.3, 0.4) is 0 Å². The third-order valence-corrected chi connectivity index (χ3v) is 3.99. The molecule has 2 aromatic carbocycles. The number of hydrogen-bond acceptors (Lipinski definition) is 3. The van der Waals surface area contributed by atoms with Gasteiger partial charge in [0.15, 0.2) is 0 Å². The van der Waals surface area contributed by atoms with Gasteiger partial charge in [0, 0.05) is 5.56 Å². The minimum atomic E-state index is -4.52. The van der Waals surface area contributed by atoms with Crippen LogP contribution >= 0.6 is 0 Å². The van der Waals surface area contributed by atoms with E-state index in [1.54, 1.807) is 12.1 Å². The fourth-order valence-corrected chi connectivity index (χ4v) is 2.91. The molecule has 0 radical (unpaired) electrons. The number of benzene rings is 2. The second-order valence-corrected chi connectivity index (χ2v) is 5.53. The average molecular weight is 328 g/mol. The van der Waals surface area contributed by atoms with E-state index in [2.05, 4.69) is 10.1 Å². The fourth-order valence-electron chi connectivity index (χ4n) is 2.91. The topological polar surface area (TPSA) is 38.9 Å². The molecule has 0 atom stereocenters. The van der Waals surface area contributed by atoms with Crippen molar-refractivity contribution in [1.29, 1.82) is 0 Å². The summed E-state index contributed by atoms with van der Waals surface area (Å²) in [5.74, 6) is 0. The van der Waals surface area contributed by atoms with Crippen molar-refractivity contribution in [3.05, 3.63) is 59.8 Å². The lowest BCUT2D eigenvalue weighted by Gasteiger charge is -2.11. The van der Waals surface area contributed by atoms with Crippen LogP contribution in [0.5, 0.6) is 0 Å². The van der Waals surface area contributed by atoms with Crippen LogP contribution in [-0.4, -0.2) is 10.1 Å². The van der Waals surface area contributed by atoms with Crippen LogP contribution in [-0.2, 0) is 6.18 Å². The van der Waals surface area contributed by atoms with Gasteiger partial charge in [-0.3, -0.25) is 0 Å². The molecule has 2 aromatic heterocycles. The predicted molar refractivity (Wildman–Crippen MR) is 84.5 cm³/mol. The first-order valence-electron chi connectivity index (χ1n) is 7.27. The smallest absolute Gasteiger partial charge is 0.336 e. The lowest BCUT2D eigenvalue weighted by atomic mass is 10.00. The monoisotopic (exact) mass is 328 g/mol. The molecule has 0 saturated carbocycles.